The number of methoxy groups -OCH3 is 1. The third-order valence-electron chi connectivity index (χ3n) is 4.62. The predicted molar refractivity (Wildman–Crippen MR) is 122 cm³/mol. The number of para-hydroxylation sites is 1. The number of thiophene rings is 1. The molecule has 4 rings (SSSR count). The molecule has 0 radical (unpaired) electrons. The molecule has 0 fully saturated rings. The van der Waals surface area contributed by atoms with E-state index in [2.05, 4.69) is 15.3 Å². The van der Waals surface area contributed by atoms with Crippen LogP contribution >= 0.6 is 11.3 Å². The van der Waals surface area contributed by atoms with Crippen LogP contribution in [-0.2, 0) is 11.3 Å². The monoisotopic (exact) mass is 445 g/mol. The van der Waals surface area contributed by atoms with Crippen LogP contribution in [0.3, 0.4) is 0 Å². The van der Waals surface area contributed by atoms with Gasteiger partial charge in [0.1, 0.15) is 28.6 Å². The summed E-state index contributed by atoms with van der Waals surface area (Å²) in [6, 6.07) is 17.2. The van der Waals surface area contributed by atoms with Crippen molar-refractivity contribution in [2.24, 2.45) is 0 Å². The lowest BCUT2D eigenvalue weighted by molar-refractivity contribution is 0.0603. The predicted octanol–water partition coefficient (Wildman–Crippen LogP) is 4.82. The van der Waals surface area contributed by atoms with Crippen LogP contribution in [0.5, 0.6) is 5.75 Å². The summed E-state index contributed by atoms with van der Waals surface area (Å²) in [5.74, 6) is -0.412. The minimum absolute atomic E-state index is 0.143. The molecular formula is C24H19N3O4S. The van der Waals surface area contributed by atoms with Crippen LogP contribution in [-0.4, -0.2) is 29.0 Å². The van der Waals surface area contributed by atoms with Crippen molar-refractivity contribution in [1.29, 1.82) is 0 Å². The van der Waals surface area contributed by atoms with Crippen molar-refractivity contribution in [3.05, 3.63) is 95.4 Å². The standard InChI is InChI=1S/C24H19N3O4S/c1-30-24(29)21-18(15-32-23(21)27-22(28)19-13-25-11-12-26-19)17-9-5-6-10-20(17)31-14-16-7-3-2-4-8-16/h2-13,15H,14H2,1H3,(H,27,28). The van der Waals surface area contributed by atoms with Crippen LogP contribution < -0.4 is 10.1 Å². The number of hydrogen-bond acceptors (Lipinski definition) is 7. The number of carbonyl (C=O) groups excluding carboxylic acids is 2. The lowest BCUT2D eigenvalue weighted by atomic mass is 10.0. The zero-order chi connectivity index (χ0) is 22.3. The number of hydrogen-bond donors (Lipinski definition) is 1. The van der Waals surface area contributed by atoms with E-state index in [1.54, 1.807) is 5.38 Å². The van der Waals surface area contributed by atoms with Gasteiger partial charge in [0, 0.05) is 28.9 Å². The number of esters is 1. The molecular weight excluding hydrogens is 426 g/mol. The van der Waals surface area contributed by atoms with Crippen LogP contribution in [0.1, 0.15) is 26.4 Å². The minimum Gasteiger partial charge on any atom is -0.488 e. The summed E-state index contributed by atoms with van der Waals surface area (Å²) < 4.78 is 11.1. The second-order valence-electron chi connectivity index (χ2n) is 6.66. The normalized spacial score (nSPS) is 10.4. The molecule has 1 N–H and O–H groups in total. The summed E-state index contributed by atoms with van der Waals surface area (Å²) in [5, 5.41) is 4.90. The Hall–Kier alpha value is -4.04. The number of benzene rings is 2. The molecule has 160 valence electrons. The Morgan fingerprint density at radius 1 is 1.00 bits per heavy atom. The molecule has 1 amide bonds. The van der Waals surface area contributed by atoms with Gasteiger partial charge >= 0.3 is 5.97 Å². The lowest BCUT2D eigenvalue weighted by Gasteiger charge is -2.13. The van der Waals surface area contributed by atoms with Gasteiger partial charge in [-0.05, 0) is 11.6 Å². The topological polar surface area (TPSA) is 90.4 Å². The van der Waals surface area contributed by atoms with Gasteiger partial charge in [-0.15, -0.1) is 11.3 Å². The first-order chi connectivity index (χ1) is 15.7. The molecule has 0 aliphatic carbocycles. The fourth-order valence-electron chi connectivity index (χ4n) is 3.09. The molecule has 0 atom stereocenters. The third kappa shape index (κ3) is 4.65. The van der Waals surface area contributed by atoms with Gasteiger partial charge in [0.2, 0.25) is 0 Å². The number of rotatable bonds is 7. The molecule has 0 unspecified atom stereocenters. The summed E-state index contributed by atoms with van der Waals surface area (Å²) in [6.45, 7) is 0.381. The smallest absolute Gasteiger partial charge is 0.341 e. The number of carbonyl (C=O) groups is 2. The number of nitrogens with zero attached hydrogens (tertiary/aromatic N) is 2. The van der Waals surface area contributed by atoms with Crippen molar-refractivity contribution >= 4 is 28.2 Å². The average Bonchev–Trinajstić information content (AvgIpc) is 3.26. The van der Waals surface area contributed by atoms with Crippen molar-refractivity contribution in [2.75, 3.05) is 12.4 Å². The molecule has 0 spiro atoms. The SMILES string of the molecule is COC(=O)c1c(-c2ccccc2OCc2ccccc2)csc1NC(=O)c1cnccn1. The van der Waals surface area contributed by atoms with Crippen LogP contribution in [0.25, 0.3) is 11.1 Å². The van der Waals surface area contributed by atoms with Gasteiger partial charge in [0.25, 0.3) is 5.91 Å². The number of nitrogens with one attached hydrogen (secondary N) is 1. The summed E-state index contributed by atoms with van der Waals surface area (Å²) in [4.78, 5) is 33.1. The Bertz CT molecular complexity index is 1230. The Kier molecular flexibility index (Phi) is 6.52. The van der Waals surface area contributed by atoms with E-state index in [-0.39, 0.29) is 11.3 Å². The van der Waals surface area contributed by atoms with Crippen LogP contribution in [0.2, 0.25) is 0 Å². The maximum Gasteiger partial charge on any atom is 0.341 e. The highest BCUT2D eigenvalue weighted by molar-refractivity contribution is 7.15. The first-order valence-electron chi connectivity index (χ1n) is 9.70. The molecule has 2 aromatic heterocycles. The van der Waals surface area contributed by atoms with E-state index in [0.29, 0.717) is 22.9 Å². The number of ether oxygens (including phenoxy) is 2. The zero-order valence-electron chi connectivity index (χ0n) is 17.1. The molecule has 0 aliphatic heterocycles. The van der Waals surface area contributed by atoms with Gasteiger partial charge in [-0.1, -0.05) is 48.5 Å². The van der Waals surface area contributed by atoms with Crippen LogP contribution in [0, 0.1) is 0 Å². The first kappa shape index (κ1) is 21.2. The number of aromatic nitrogens is 2. The van der Waals surface area contributed by atoms with Gasteiger partial charge in [-0.25, -0.2) is 9.78 Å². The van der Waals surface area contributed by atoms with Crippen LogP contribution in [0.4, 0.5) is 5.00 Å². The van der Waals surface area contributed by atoms with E-state index in [4.69, 9.17) is 9.47 Å². The average molecular weight is 446 g/mol. The molecule has 2 heterocycles. The van der Waals surface area contributed by atoms with E-state index in [1.807, 2.05) is 54.6 Å². The second kappa shape index (κ2) is 9.84. The minimum atomic E-state index is -0.562. The summed E-state index contributed by atoms with van der Waals surface area (Å²) in [5.41, 5.74) is 2.76. The van der Waals surface area contributed by atoms with Gasteiger partial charge in [-0.3, -0.25) is 9.78 Å². The van der Waals surface area contributed by atoms with Crippen molar-refractivity contribution in [1.82, 2.24) is 9.97 Å². The Morgan fingerprint density at radius 3 is 2.53 bits per heavy atom. The van der Waals surface area contributed by atoms with Gasteiger partial charge in [0.05, 0.1) is 13.3 Å². The Morgan fingerprint density at radius 2 is 1.78 bits per heavy atom. The highest BCUT2D eigenvalue weighted by Gasteiger charge is 2.24. The van der Waals surface area contributed by atoms with Gasteiger partial charge in [0.15, 0.2) is 0 Å². The molecule has 4 aromatic rings. The largest absolute Gasteiger partial charge is 0.488 e. The Labute approximate surface area is 188 Å². The molecule has 2 aromatic carbocycles. The molecule has 32 heavy (non-hydrogen) atoms. The summed E-state index contributed by atoms with van der Waals surface area (Å²) >= 11 is 1.22. The van der Waals surface area contributed by atoms with E-state index < -0.39 is 11.9 Å². The van der Waals surface area contributed by atoms with E-state index >= 15 is 0 Å². The molecule has 0 saturated heterocycles. The number of anilines is 1. The van der Waals surface area contributed by atoms with Crippen LogP contribution in [0.15, 0.2) is 78.6 Å². The van der Waals surface area contributed by atoms with Crippen molar-refractivity contribution in [3.8, 4) is 16.9 Å². The molecule has 0 aliphatic rings. The van der Waals surface area contributed by atoms with Gasteiger partial charge in [-0.2, -0.15) is 0 Å². The third-order valence-corrected chi connectivity index (χ3v) is 5.51. The molecule has 7 nitrogen and oxygen atoms in total. The molecule has 0 bridgehead atoms. The fourth-order valence-corrected chi connectivity index (χ4v) is 4.03. The van der Waals surface area contributed by atoms with Gasteiger partial charge < -0.3 is 14.8 Å². The number of amides is 1. The maximum atomic E-state index is 12.7. The Balaban J connectivity index is 1.67. The summed E-state index contributed by atoms with van der Waals surface area (Å²) in [7, 11) is 1.30. The van der Waals surface area contributed by atoms with E-state index in [9.17, 15) is 9.59 Å². The quantitative estimate of drug-likeness (QED) is 0.410. The lowest BCUT2D eigenvalue weighted by Crippen LogP contribution is -2.15. The highest BCUT2D eigenvalue weighted by atomic mass is 32.1. The zero-order valence-corrected chi connectivity index (χ0v) is 18.0. The fraction of sp³-hybridized carbons (Fsp3) is 0.0833. The molecule has 8 heteroatoms. The maximum absolute atomic E-state index is 12.7. The van der Waals surface area contributed by atoms with Crippen molar-refractivity contribution in [3.63, 3.8) is 0 Å². The first-order valence-corrected chi connectivity index (χ1v) is 10.6. The highest BCUT2D eigenvalue weighted by Crippen LogP contribution is 2.40. The van der Waals surface area contributed by atoms with Crippen molar-refractivity contribution < 1.29 is 19.1 Å². The van der Waals surface area contributed by atoms with E-state index in [0.717, 1.165) is 11.1 Å². The second-order valence-corrected chi connectivity index (χ2v) is 7.54. The van der Waals surface area contributed by atoms with Crippen molar-refractivity contribution in [2.45, 2.75) is 6.61 Å². The van der Waals surface area contributed by atoms with E-state index in [1.165, 1.54) is 37.0 Å². The molecule has 0 saturated carbocycles. The summed E-state index contributed by atoms with van der Waals surface area (Å²) in [6.07, 6.45) is 4.26.